The molecule has 0 aromatic heterocycles. The molecule has 0 heterocycles. The number of likely N-dealkylation sites (N-methyl/N-ethyl adjacent to an activating group) is 1. The molecule has 15 heavy (non-hydrogen) atoms. The third-order valence-electron chi connectivity index (χ3n) is 2.87. The van der Waals surface area contributed by atoms with Gasteiger partial charge in [-0.3, -0.25) is 4.79 Å². The first-order valence-electron chi connectivity index (χ1n) is 5.84. The van der Waals surface area contributed by atoms with Crippen molar-refractivity contribution in [3.05, 3.63) is 11.6 Å². The van der Waals surface area contributed by atoms with Gasteiger partial charge >= 0.3 is 0 Å². The summed E-state index contributed by atoms with van der Waals surface area (Å²) in [5, 5.41) is 8.81. The fraction of sp³-hybridized carbons (Fsp3) is 0.750. The SMILES string of the molecule is CCN(CCO)C(=O)CC1=CCCCC1. The molecule has 3 heteroatoms. The van der Waals surface area contributed by atoms with Gasteiger partial charge < -0.3 is 10.0 Å². The van der Waals surface area contributed by atoms with E-state index in [2.05, 4.69) is 6.08 Å². The number of carbonyl (C=O) groups is 1. The zero-order chi connectivity index (χ0) is 11.1. The predicted octanol–water partition coefficient (Wildman–Crippen LogP) is 1.72. The van der Waals surface area contributed by atoms with Gasteiger partial charge in [0.15, 0.2) is 0 Å². The van der Waals surface area contributed by atoms with Crippen molar-refractivity contribution in [1.82, 2.24) is 4.90 Å². The molecule has 1 amide bonds. The van der Waals surface area contributed by atoms with E-state index in [1.54, 1.807) is 4.90 Å². The van der Waals surface area contributed by atoms with Crippen molar-refractivity contribution in [3.8, 4) is 0 Å². The molecule has 1 aliphatic carbocycles. The van der Waals surface area contributed by atoms with Gasteiger partial charge in [0.05, 0.1) is 6.61 Å². The topological polar surface area (TPSA) is 40.5 Å². The van der Waals surface area contributed by atoms with Crippen LogP contribution in [0.3, 0.4) is 0 Å². The molecular weight excluding hydrogens is 190 g/mol. The standard InChI is InChI=1S/C12H21NO2/c1-2-13(8-9-14)12(15)10-11-6-4-3-5-7-11/h6,14H,2-5,7-10H2,1H3. The molecule has 1 aliphatic rings. The molecule has 0 saturated heterocycles. The highest BCUT2D eigenvalue weighted by Gasteiger charge is 2.14. The van der Waals surface area contributed by atoms with Gasteiger partial charge in [0, 0.05) is 19.5 Å². The molecule has 0 aromatic carbocycles. The summed E-state index contributed by atoms with van der Waals surface area (Å²) in [5.74, 6) is 0.153. The van der Waals surface area contributed by atoms with E-state index in [4.69, 9.17) is 5.11 Å². The number of nitrogens with zero attached hydrogens (tertiary/aromatic N) is 1. The Balaban J connectivity index is 2.41. The van der Waals surface area contributed by atoms with Crippen molar-refractivity contribution < 1.29 is 9.90 Å². The zero-order valence-corrected chi connectivity index (χ0v) is 9.54. The molecule has 0 radical (unpaired) electrons. The van der Waals surface area contributed by atoms with Gasteiger partial charge in [0.2, 0.25) is 5.91 Å². The maximum Gasteiger partial charge on any atom is 0.226 e. The third kappa shape index (κ3) is 4.04. The Hall–Kier alpha value is -0.830. The first kappa shape index (κ1) is 12.2. The Morgan fingerprint density at radius 3 is 2.87 bits per heavy atom. The minimum absolute atomic E-state index is 0.0542. The Bertz CT molecular complexity index is 236. The van der Waals surface area contributed by atoms with E-state index in [0.29, 0.717) is 19.5 Å². The summed E-state index contributed by atoms with van der Waals surface area (Å²) in [6.07, 6.45) is 7.41. The van der Waals surface area contributed by atoms with Crippen molar-refractivity contribution in [2.75, 3.05) is 19.7 Å². The highest BCUT2D eigenvalue weighted by molar-refractivity contribution is 5.78. The van der Waals surface area contributed by atoms with Crippen LogP contribution in [0.1, 0.15) is 39.0 Å². The second kappa shape index (κ2) is 6.62. The number of hydrogen-bond donors (Lipinski definition) is 1. The van der Waals surface area contributed by atoms with Crippen LogP contribution < -0.4 is 0 Å². The fourth-order valence-corrected chi connectivity index (χ4v) is 1.95. The summed E-state index contributed by atoms with van der Waals surface area (Å²) in [7, 11) is 0. The first-order valence-corrected chi connectivity index (χ1v) is 5.84. The number of amides is 1. The van der Waals surface area contributed by atoms with E-state index in [0.717, 1.165) is 12.8 Å². The van der Waals surface area contributed by atoms with Crippen LogP contribution in [-0.4, -0.2) is 35.6 Å². The van der Waals surface area contributed by atoms with Crippen LogP contribution >= 0.6 is 0 Å². The van der Waals surface area contributed by atoms with E-state index in [1.807, 2.05) is 6.92 Å². The summed E-state index contributed by atoms with van der Waals surface area (Å²) >= 11 is 0. The van der Waals surface area contributed by atoms with Crippen molar-refractivity contribution in [1.29, 1.82) is 0 Å². The van der Waals surface area contributed by atoms with Gasteiger partial charge in [-0.1, -0.05) is 11.6 Å². The molecule has 0 fully saturated rings. The van der Waals surface area contributed by atoms with Gasteiger partial charge in [-0.15, -0.1) is 0 Å². The molecule has 1 rings (SSSR count). The lowest BCUT2D eigenvalue weighted by Crippen LogP contribution is -2.33. The molecule has 0 spiro atoms. The van der Waals surface area contributed by atoms with Crippen LogP contribution in [0.5, 0.6) is 0 Å². The van der Waals surface area contributed by atoms with Crippen molar-refractivity contribution >= 4 is 5.91 Å². The summed E-state index contributed by atoms with van der Waals surface area (Å²) < 4.78 is 0. The summed E-state index contributed by atoms with van der Waals surface area (Å²) in [6.45, 7) is 3.15. The van der Waals surface area contributed by atoms with Gasteiger partial charge in [0.25, 0.3) is 0 Å². The van der Waals surface area contributed by atoms with Gasteiger partial charge in [0.1, 0.15) is 0 Å². The molecule has 3 nitrogen and oxygen atoms in total. The first-order chi connectivity index (χ1) is 7.27. The number of hydrogen-bond acceptors (Lipinski definition) is 2. The predicted molar refractivity (Wildman–Crippen MR) is 60.5 cm³/mol. The number of carbonyl (C=O) groups excluding carboxylic acids is 1. The van der Waals surface area contributed by atoms with E-state index >= 15 is 0 Å². The second-order valence-electron chi connectivity index (χ2n) is 3.98. The third-order valence-corrected chi connectivity index (χ3v) is 2.87. The minimum atomic E-state index is 0.0542. The number of aliphatic hydroxyl groups is 1. The number of aliphatic hydroxyl groups excluding tert-OH is 1. The maximum atomic E-state index is 11.8. The van der Waals surface area contributed by atoms with E-state index in [9.17, 15) is 4.79 Å². The van der Waals surface area contributed by atoms with Crippen LogP contribution in [-0.2, 0) is 4.79 Å². The van der Waals surface area contributed by atoms with Crippen LogP contribution in [0.2, 0.25) is 0 Å². The van der Waals surface area contributed by atoms with Crippen LogP contribution in [0.15, 0.2) is 11.6 Å². The Kier molecular flexibility index (Phi) is 5.40. The van der Waals surface area contributed by atoms with Gasteiger partial charge in [-0.05, 0) is 32.6 Å². The zero-order valence-electron chi connectivity index (χ0n) is 9.54. The Morgan fingerprint density at radius 1 is 1.53 bits per heavy atom. The molecule has 1 N–H and O–H groups in total. The van der Waals surface area contributed by atoms with Crippen molar-refractivity contribution in [2.45, 2.75) is 39.0 Å². The second-order valence-corrected chi connectivity index (χ2v) is 3.98. The van der Waals surface area contributed by atoms with Crippen LogP contribution in [0.25, 0.3) is 0 Å². The summed E-state index contributed by atoms with van der Waals surface area (Å²) in [6, 6.07) is 0. The van der Waals surface area contributed by atoms with Crippen LogP contribution in [0, 0.1) is 0 Å². The molecule has 0 bridgehead atoms. The van der Waals surface area contributed by atoms with E-state index in [1.165, 1.54) is 18.4 Å². The molecule has 0 atom stereocenters. The average Bonchev–Trinajstić information content (AvgIpc) is 2.27. The molecule has 0 aliphatic heterocycles. The minimum Gasteiger partial charge on any atom is -0.395 e. The quantitative estimate of drug-likeness (QED) is 0.703. The smallest absolute Gasteiger partial charge is 0.226 e. The van der Waals surface area contributed by atoms with Gasteiger partial charge in [-0.2, -0.15) is 0 Å². The molecular formula is C12H21NO2. The molecule has 86 valence electrons. The lowest BCUT2D eigenvalue weighted by Gasteiger charge is -2.21. The molecule has 0 saturated carbocycles. The van der Waals surface area contributed by atoms with Crippen molar-refractivity contribution in [2.24, 2.45) is 0 Å². The van der Waals surface area contributed by atoms with E-state index < -0.39 is 0 Å². The van der Waals surface area contributed by atoms with Crippen molar-refractivity contribution in [3.63, 3.8) is 0 Å². The lowest BCUT2D eigenvalue weighted by molar-refractivity contribution is -0.130. The average molecular weight is 211 g/mol. The maximum absolute atomic E-state index is 11.8. The summed E-state index contributed by atoms with van der Waals surface area (Å²) in [4.78, 5) is 13.5. The number of allylic oxidation sites excluding steroid dienone is 1. The summed E-state index contributed by atoms with van der Waals surface area (Å²) in [5.41, 5.74) is 1.28. The number of rotatable bonds is 5. The largest absolute Gasteiger partial charge is 0.395 e. The highest BCUT2D eigenvalue weighted by atomic mass is 16.3. The monoisotopic (exact) mass is 211 g/mol. The fourth-order valence-electron chi connectivity index (χ4n) is 1.95. The lowest BCUT2D eigenvalue weighted by atomic mass is 9.97. The Labute approximate surface area is 91.8 Å². The highest BCUT2D eigenvalue weighted by Crippen LogP contribution is 2.20. The Morgan fingerprint density at radius 2 is 2.33 bits per heavy atom. The molecule has 0 unspecified atom stereocenters. The van der Waals surface area contributed by atoms with E-state index in [-0.39, 0.29) is 12.5 Å². The molecule has 0 aromatic rings. The van der Waals surface area contributed by atoms with Gasteiger partial charge in [-0.25, -0.2) is 0 Å². The normalized spacial score (nSPS) is 16.0. The van der Waals surface area contributed by atoms with Crippen LogP contribution in [0.4, 0.5) is 0 Å².